The van der Waals surface area contributed by atoms with E-state index in [9.17, 15) is 9.59 Å². The van der Waals surface area contributed by atoms with Gasteiger partial charge in [-0.3, -0.25) is 9.59 Å². The summed E-state index contributed by atoms with van der Waals surface area (Å²) in [5, 5.41) is 4.69. The Bertz CT molecular complexity index is 611. The van der Waals surface area contributed by atoms with Gasteiger partial charge >= 0.3 is 0 Å². The van der Waals surface area contributed by atoms with Crippen molar-refractivity contribution in [1.82, 2.24) is 10.2 Å². The van der Waals surface area contributed by atoms with Crippen LogP contribution in [0.3, 0.4) is 0 Å². The molecule has 2 aromatic heterocycles. The molecule has 0 aliphatic heterocycles. The first-order valence-electron chi connectivity index (χ1n) is 7.81. The lowest BCUT2D eigenvalue weighted by Crippen LogP contribution is -2.34. The number of hydrogen-bond acceptors (Lipinski definition) is 5. The SMILES string of the molecule is COCCN(Cc1ccco1)C(=O)CCCNC(=O)c1cccs1. The molecule has 24 heavy (non-hydrogen) atoms. The van der Waals surface area contributed by atoms with Crippen molar-refractivity contribution in [1.29, 1.82) is 0 Å². The van der Waals surface area contributed by atoms with Crippen molar-refractivity contribution in [3.05, 3.63) is 46.5 Å². The zero-order chi connectivity index (χ0) is 17.2. The van der Waals surface area contributed by atoms with E-state index in [0.29, 0.717) is 44.0 Å². The van der Waals surface area contributed by atoms with E-state index in [4.69, 9.17) is 9.15 Å². The van der Waals surface area contributed by atoms with Crippen LogP contribution < -0.4 is 5.32 Å². The van der Waals surface area contributed by atoms with Gasteiger partial charge in [-0.2, -0.15) is 0 Å². The molecule has 0 fully saturated rings. The van der Waals surface area contributed by atoms with Crippen molar-refractivity contribution >= 4 is 23.2 Å². The van der Waals surface area contributed by atoms with Gasteiger partial charge in [-0.1, -0.05) is 6.07 Å². The molecule has 0 spiro atoms. The molecule has 6 nitrogen and oxygen atoms in total. The molecule has 0 unspecified atom stereocenters. The standard InChI is InChI=1S/C17H22N2O4S/c1-22-11-9-19(13-14-5-3-10-23-14)16(20)7-2-8-18-17(21)15-6-4-12-24-15/h3-6,10,12H,2,7-9,11,13H2,1H3,(H,18,21). The Morgan fingerprint density at radius 2 is 2.21 bits per heavy atom. The molecule has 0 aromatic carbocycles. The highest BCUT2D eigenvalue weighted by molar-refractivity contribution is 7.12. The Hall–Kier alpha value is -2.12. The monoisotopic (exact) mass is 350 g/mol. The predicted octanol–water partition coefficient (Wildman–Crippen LogP) is 2.53. The number of nitrogens with zero attached hydrogens (tertiary/aromatic N) is 1. The van der Waals surface area contributed by atoms with Crippen LogP contribution >= 0.6 is 11.3 Å². The first-order valence-corrected chi connectivity index (χ1v) is 8.69. The average Bonchev–Trinajstić information content (AvgIpc) is 3.28. The third-order valence-corrected chi connectivity index (χ3v) is 4.31. The second-order valence-corrected chi connectivity index (χ2v) is 6.17. The van der Waals surface area contributed by atoms with Crippen LogP contribution in [0, 0.1) is 0 Å². The number of carbonyl (C=O) groups excluding carboxylic acids is 2. The second-order valence-electron chi connectivity index (χ2n) is 5.22. The van der Waals surface area contributed by atoms with Crippen LogP contribution in [-0.4, -0.2) is 43.5 Å². The fourth-order valence-electron chi connectivity index (χ4n) is 2.18. The Balaban J connectivity index is 1.74. The minimum absolute atomic E-state index is 0.0221. The fourth-order valence-corrected chi connectivity index (χ4v) is 2.82. The Morgan fingerprint density at radius 1 is 1.33 bits per heavy atom. The summed E-state index contributed by atoms with van der Waals surface area (Å²) < 4.78 is 10.4. The van der Waals surface area contributed by atoms with Crippen LogP contribution in [-0.2, 0) is 16.1 Å². The maximum atomic E-state index is 12.4. The molecule has 0 aliphatic rings. The second kappa shape index (κ2) is 9.89. The molecule has 0 saturated carbocycles. The molecule has 2 rings (SSSR count). The van der Waals surface area contributed by atoms with E-state index in [-0.39, 0.29) is 11.8 Å². The Labute approximate surface area is 145 Å². The topological polar surface area (TPSA) is 71.8 Å². The number of thiophene rings is 1. The minimum Gasteiger partial charge on any atom is -0.467 e. The van der Waals surface area contributed by atoms with Gasteiger partial charge < -0.3 is 19.4 Å². The fraction of sp³-hybridized carbons (Fsp3) is 0.412. The van der Waals surface area contributed by atoms with Crippen molar-refractivity contribution in [3.8, 4) is 0 Å². The summed E-state index contributed by atoms with van der Waals surface area (Å²) in [6.45, 7) is 1.89. The van der Waals surface area contributed by atoms with Gasteiger partial charge in [-0.15, -0.1) is 11.3 Å². The highest BCUT2D eigenvalue weighted by atomic mass is 32.1. The number of carbonyl (C=O) groups is 2. The zero-order valence-electron chi connectivity index (χ0n) is 13.7. The molecular weight excluding hydrogens is 328 g/mol. The van der Waals surface area contributed by atoms with Gasteiger partial charge in [0.1, 0.15) is 5.76 Å². The summed E-state index contributed by atoms with van der Waals surface area (Å²) in [6.07, 6.45) is 2.56. The number of furan rings is 1. The van der Waals surface area contributed by atoms with Crippen molar-refractivity contribution in [2.75, 3.05) is 26.8 Å². The molecule has 130 valence electrons. The molecule has 2 aromatic rings. The maximum absolute atomic E-state index is 12.4. The van der Waals surface area contributed by atoms with Gasteiger partial charge in [0.05, 0.1) is 24.3 Å². The van der Waals surface area contributed by atoms with E-state index in [0.717, 1.165) is 5.76 Å². The lowest BCUT2D eigenvalue weighted by molar-refractivity contribution is -0.132. The number of rotatable bonds is 10. The van der Waals surface area contributed by atoms with Crippen molar-refractivity contribution in [2.24, 2.45) is 0 Å². The largest absolute Gasteiger partial charge is 0.467 e. The van der Waals surface area contributed by atoms with Crippen LogP contribution in [0.15, 0.2) is 40.3 Å². The number of amides is 2. The number of methoxy groups -OCH3 is 1. The summed E-state index contributed by atoms with van der Waals surface area (Å²) in [5.74, 6) is 0.670. The van der Waals surface area contributed by atoms with E-state index in [1.165, 1.54) is 11.3 Å². The quantitative estimate of drug-likeness (QED) is 0.669. The van der Waals surface area contributed by atoms with Gasteiger partial charge in [0.2, 0.25) is 5.91 Å². The van der Waals surface area contributed by atoms with Crippen LogP contribution in [0.2, 0.25) is 0 Å². The van der Waals surface area contributed by atoms with E-state index in [1.807, 2.05) is 17.5 Å². The van der Waals surface area contributed by atoms with E-state index < -0.39 is 0 Å². The summed E-state index contributed by atoms with van der Waals surface area (Å²) >= 11 is 1.40. The van der Waals surface area contributed by atoms with Gasteiger partial charge in [0.15, 0.2) is 0 Å². The summed E-state index contributed by atoms with van der Waals surface area (Å²) in [6, 6.07) is 7.26. The minimum atomic E-state index is -0.0933. The third kappa shape index (κ3) is 5.82. The average molecular weight is 350 g/mol. The smallest absolute Gasteiger partial charge is 0.261 e. The highest BCUT2D eigenvalue weighted by Crippen LogP contribution is 2.09. The first-order chi connectivity index (χ1) is 11.7. The number of ether oxygens (including phenoxy) is 1. The predicted molar refractivity (Wildman–Crippen MR) is 91.9 cm³/mol. The van der Waals surface area contributed by atoms with Crippen LogP contribution in [0.4, 0.5) is 0 Å². The molecule has 0 saturated heterocycles. The van der Waals surface area contributed by atoms with E-state index >= 15 is 0 Å². The first kappa shape index (κ1) is 18.2. The van der Waals surface area contributed by atoms with E-state index in [2.05, 4.69) is 5.32 Å². The van der Waals surface area contributed by atoms with Crippen LogP contribution in [0.25, 0.3) is 0 Å². The lowest BCUT2D eigenvalue weighted by atomic mass is 10.2. The Morgan fingerprint density at radius 3 is 2.88 bits per heavy atom. The molecule has 0 atom stereocenters. The molecular formula is C17H22N2O4S. The molecule has 0 aliphatic carbocycles. The maximum Gasteiger partial charge on any atom is 0.261 e. The number of nitrogens with one attached hydrogen (secondary N) is 1. The van der Waals surface area contributed by atoms with Gasteiger partial charge in [-0.05, 0) is 30.0 Å². The van der Waals surface area contributed by atoms with Crippen LogP contribution in [0.1, 0.15) is 28.3 Å². The van der Waals surface area contributed by atoms with Gasteiger partial charge in [0, 0.05) is 26.6 Å². The number of hydrogen-bond donors (Lipinski definition) is 1. The van der Waals surface area contributed by atoms with Gasteiger partial charge in [-0.25, -0.2) is 0 Å². The Kier molecular flexibility index (Phi) is 7.51. The van der Waals surface area contributed by atoms with Crippen LogP contribution in [0.5, 0.6) is 0 Å². The third-order valence-electron chi connectivity index (χ3n) is 3.44. The van der Waals surface area contributed by atoms with Crippen molar-refractivity contribution in [3.63, 3.8) is 0 Å². The molecule has 0 radical (unpaired) electrons. The normalized spacial score (nSPS) is 10.5. The molecule has 2 heterocycles. The molecule has 0 bridgehead atoms. The lowest BCUT2D eigenvalue weighted by Gasteiger charge is -2.21. The van der Waals surface area contributed by atoms with Crippen molar-refractivity contribution < 1.29 is 18.7 Å². The molecule has 7 heteroatoms. The zero-order valence-corrected chi connectivity index (χ0v) is 14.5. The summed E-state index contributed by atoms with van der Waals surface area (Å²) in [5.41, 5.74) is 0. The molecule has 2 amide bonds. The van der Waals surface area contributed by atoms with Gasteiger partial charge in [0.25, 0.3) is 5.91 Å². The van der Waals surface area contributed by atoms with Crippen molar-refractivity contribution in [2.45, 2.75) is 19.4 Å². The van der Waals surface area contributed by atoms with E-state index in [1.54, 1.807) is 30.4 Å². The summed E-state index contributed by atoms with van der Waals surface area (Å²) in [7, 11) is 1.61. The highest BCUT2D eigenvalue weighted by Gasteiger charge is 2.15. The molecule has 1 N–H and O–H groups in total. The summed E-state index contributed by atoms with van der Waals surface area (Å²) in [4.78, 5) is 26.6.